The summed E-state index contributed by atoms with van der Waals surface area (Å²) in [6.07, 6.45) is 11.1. The number of carbonyl (C=O) groups is 5. The number of unbranched alkanes of at least 4 members (excludes halogenated alkanes) is 2. The first-order valence-corrected chi connectivity index (χ1v) is 32.3. The third kappa shape index (κ3) is 20.5. The van der Waals surface area contributed by atoms with E-state index in [1.54, 1.807) is 17.9 Å². The molecule has 0 aliphatic heterocycles. The van der Waals surface area contributed by atoms with Gasteiger partial charge in [0.1, 0.15) is 23.3 Å². The maximum absolute atomic E-state index is 13.9. The third-order valence-electron chi connectivity index (χ3n) is 18.5. The first-order valence-electron chi connectivity index (χ1n) is 32.3. The number of amides is 4. The van der Waals surface area contributed by atoms with Crippen LogP contribution in [0, 0.1) is 56.5 Å². The summed E-state index contributed by atoms with van der Waals surface area (Å²) >= 11 is 0. The van der Waals surface area contributed by atoms with Crippen molar-refractivity contribution in [3.8, 4) is 0 Å². The van der Waals surface area contributed by atoms with E-state index in [-0.39, 0.29) is 95.0 Å². The molecular formula is C64H106N8O15. The second kappa shape index (κ2) is 31.8. The molecule has 0 spiro atoms. The summed E-state index contributed by atoms with van der Waals surface area (Å²) in [6.45, 7) is 29.6. The molecule has 4 N–H and O–H groups in total. The van der Waals surface area contributed by atoms with Gasteiger partial charge in [-0.15, -0.1) is 0 Å². The van der Waals surface area contributed by atoms with Crippen molar-refractivity contribution < 1.29 is 66.7 Å². The number of esters is 1. The zero-order valence-corrected chi connectivity index (χ0v) is 54.6. The topological polar surface area (TPSA) is 283 Å². The average molecular weight is 1230 g/mol. The van der Waals surface area contributed by atoms with E-state index < -0.39 is 46.0 Å². The van der Waals surface area contributed by atoms with Crippen molar-refractivity contribution in [2.24, 2.45) is 46.3 Å². The quantitative estimate of drug-likeness (QED) is 0.0179. The fraction of sp³-hybridized carbons (Fsp3) is 0.828. The number of anilines is 1. The molecule has 0 saturated heterocycles. The molecule has 2 aromatic rings. The second-order valence-electron chi connectivity index (χ2n) is 28.2. The van der Waals surface area contributed by atoms with Crippen molar-refractivity contribution in [3.63, 3.8) is 0 Å². The Balaban J connectivity index is 1.15. The molecule has 11 atom stereocenters. The molecule has 4 aliphatic carbocycles. The van der Waals surface area contributed by atoms with Crippen LogP contribution in [0.25, 0.3) is 11.0 Å². The lowest BCUT2D eigenvalue weighted by Crippen LogP contribution is -2.63. The molecule has 0 radical (unpaired) electrons. The summed E-state index contributed by atoms with van der Waals surface area (Å²) in [5.74, 6) is 1.19. The Morgan fingerprint density at radius 3 is 1.92 bits per heavy atom. The zero-order valence-electron chi connectivity index (χ0n) is 54.6. The smallest absolute Gasteiger partial charge is 0.407 e. The van der Waals surface area contributed by atoms with Crippen LogP contribution >= 0.6 is 0 Å². The van der Waals surface area contributed by atoms with E-state index in [2.05, 4.69) is 52.4 Å². The maximum Gasteiger partial charge on any atom is 0.407 e. The number of nitro benzene ring substituents is 1. The van der Waals surface area contributed by atoms with E-state index in [0.29, 0.717) is 102 Å². The van der Waals surface area contributed by atoms with Gasteiger partial charge in [0.25, 0.3) is 0 Å². The minimum Gasteiger partial charge on any atom is -0.465 e. The summed E-state index contributed by atoms with van der Waals surface area (Å²) in [7, 11) is 0. The number of fused-ring (bicyclic) bond motifs is 6. The van der Waals surface area contributed by atoms with Crippen molar-refractivity contribution in [2.45, 2.75) is 228 Å². The van der Waals surface area contributed by atoms with E-state index >= 15 is 0 Å². The number of hydrogen-bond donors (Lipinski definition) is 4. The summed E-state index contributed by atoms with van der Waals surface area (Å²) in [6, 6.07) is 2.95. The molecule has 6 rings (SSSR count). The number of nitrogens with one attached hydrogen (secondary N) is 4. The molecule has 4 aliphatic rings. The highest BCUT2D eigenvalue weighted by atomic mass is 16.6. The number of hydrogen-bond acceptors (Lipinski definition) is 18. The molecule has 87 heavy (non-hydrogen) atoms. The molecular weight excluding hydrogens is 1120 g/mol. The molecule has 4 amide bonds. The first-order chi connectivity index (χ1) is 41.0. The van der Waals surface area contributed by atoms with Crippen molar-refractivity contribution >= 4 is 52.6 Å². The average Bonchev–Trinajstić information content (AvgIpc) is 1.69. The van der Waals surface area contributed by atoms with Crippen molar-refractivity contribution in [1.82, 2.24) is 31.2 Å². The molecule has 492 valence electrons. The lowest BCUT2D eigenvalue weighted by molar-refractivity contribution is -0.383. The Labute approximate surface area is 516 Å². The SMILES string of the molecule is CCOC(=O)CN(CCC[C@@H](C)[C@H]1CCC2C3C(C[C@H](OCCCNC(=O)OC(C)(C)C)[C@@]21C)[C@@]1(C)CC[C@@H](OCCCNC(=O)OC(C)(C)C)CC1C[C@H]3OCCCNC(=O)OC(C)(C)C)C(=O)CCCCCNc1ccc([N+](=O)[O-])c2nonc12. The number of aromatic nitrogens is 2. The van der Waals surface area contributed by atoms with Crippen molar-refractivity contribution in [3.05, 3.63) is 22.2 Å². The minimum atomic E-state index is -0.613. The number of non-ortho nitro benzene ring substituents is 1. The summed E-state index contributed by atoms with van der Waals surface area (Å²) in [4.78, 5) is 77.1. The van der Waals surface area contributed by atoms with Crippen LogP contribution in [0.1, 0.15) is 193 Å². The van der Waals surface area contributed by atoms with Crippen LogP contribution in [0.15, 0.2) is 16.8 Å². The standard InChI is InChI=1S/C64H106N8O15/c1-14-80-53(74)41-71(52(73)23-16-15-17-30-65-48-26-27-49(72(78)79)56-55(48)69-87-70-56)34-18-22-42(2)45-24-25-46-54-47(40-51(64(45,46)13)83-37-21-33-68-59(77)86-62(9,10)11)63(12)29-28-44(81-35-19-31-66-57(75)84-60(3,4)5)38-43(63)39-50(54)82-36-20-32-67-58(76)85-61(6,7)8/h26-27,42-47,50-51,54,65H,14-25,28-41H2,1-13H3,(H,66,75)(H,67,76)(H,68,77)/t42-,43?,44-,45-,46?,47?,50-,51+,54?,63+,64-/m1/s1. The number of nitro groups is 1. The van der Waals surface area contributed by atoms with Gasteiger partial charge in [0.05, 0.1) is 35.5 Å². The molecule has 23 heteroatoms. The fourth-order valence-electron chi connectivity index (χ4n) is 14.6. The number of ether oxygens (including phenoxy) is 7. The van der Waals surface area contributed by atoms with Gasteiger partial charge in [0, 0.05) is 70.4 Å². The van der Waals surface area contributed by atoms with Gasteiger partial charge in [-0.25, -0.2) is 19.0 Å². The van der Waals surface area contributed by atoms with E-state index in [1.807, 2.05) is 62.3 Å². The van der Waals surface area contributed by atoms with Crippen LogP contribution in [0.5, 0.6) is 0 Å². The van der Waals surface area contributed by atoms with E-state index in [0.717, 1.165) is 64.2 Å². The number of benzene rings is 1. The van der Waals surface area contributed by atoms with Gasteiger partial charge in [0.15, 0.2) is 5.52 Å². The lowest BCUT2D eigenvalue weighted by atomic mass is 9.43. The van der Waals surface area contributed by atoms with Gasteiger partial charge >= 0.3 is 29.9 Å². The predicted molar refractivity (Wildman–Crippen MR) is 329 cm³/mol. The van der Waals surface area contributed by atoms with Crippen LogP contribution in [0.4, 0.5) is 25.8 Å². The fourth-order valence-corrected chi connectivity index (χ4v) is 14.6. The monoisotopic (exact) mass is 1230 g/mol. The zero-order chi connectivity index (χ0) is 63.7. The highest BCUT2D eigenvalue weighted by molar-refractivity contribution is 5.93. The third-order valence-corrected chi connectivity index (χ3v) is 18.5. The van der Waals surface area contributed by atoms with Gasteiger partial charge in [-0.05, 0) is 216 Å². The molecule has 1 aromatic heterocycles. The normalized spacial score (nSPS) is 25.7. The van der Waals surface area contributed by atoms with Gasteiger partial charge in [-0.2, -0.15) is 0 Å². The Bertz CT molecular complexity index is 2560. The van der Waals surface area contributed by atoms with E-state index in [4.69, 9.17) is 37.8 Å². The highest BCUT2D eigenvalue weighted by Crippen LogP contribution is 2.69. The van der Waals surface area contributed by atoms with Crippen molar-refractivity contribution in [1.29, 1.82) is 0 Å². The summed E-state index contributed by atoms with van der Waals surface area (Å²) < 4.78 is 47.6. The van der Waals surface area contributed by atoms with Gasteiger partial charge in [-0.3, -0.25) is 19.7 Å². The van der Waals surface area contributed by atoms with Crippen LogP contribution in [-0.2, 0) is 42.7 Å². The molecule has 4 fully saturated rings. The molecule has 0 bridgehead atoms. The summed E-state index contributed by atoms with van der Waals surface area (Å²) in [5, 5.41) is 31.0. The Kier molecular flexibility index (Phi) is 25.7. The van der Waals surface area contributed by atoms with Crippen LogP contribution in [0.2, 0.25) is 0 Å². The Morgan fingerprint density at radius 2 is 1.32 bits per heavy atom. The molecule has 1 aromatic carbocycles. The Hall–Kier alpha value is -5.55. The number of nitrogens with zero attached hydrogens (tertiary/aromatic N) is 4. The molecule has 1 heterocycles. The molecule has 4 unspecified atom stereocenters. The van der Waals surface area contributed by atoms with Crippen LogP contribution in [-0.4, -0.2) is 151 Å². The number of alkyl carbamates (subject to hydrolysis) is 3. The van der Waals surface area contributed by atoms with E-state index in [9.17, 15) is 34.1 Å². The predicted octanol–water partition coefficient (Wildman–Crippen LogP) is 11.7. The second-order valence-corrected chi connectivity index (χ2v) is 28.2. The summed E-state index contributed by atoms with van der Waals surface area (Å²) in [5.41, 5.74) is -1.29. The minimum absolute atomic E-state index is 0.00375. The molecule has 23 nitrogen and oxygen atoms in total. The molecule has 4 saturated carbocycles. The van der Waals surface area contributed by atoms with Crippen LogP contribution < -0.4 is 21.3 Å². The number of carbonyl (C=O) groups excluding carboxylic acids is 5. The van der Waals surface area contributed by atoms with Gasteiger partial charge in [-0.1, -0.05) is 27.2 Å². The van der Waals surface area contributed by atoms with Crippen LogP contribution in [0.3, 0.4) is 0 Å². The van der Waals surface area contributed by atoms with Crippen molar-refractivity contribution in [2.75, 3.05) is 71.0 Å². The first kappa shape index (κ1) is 70.5. The van der Waals surface area contributed by atoms with Gasteiger partial charge in [0.2, 0.25) is 11.4 Å². The number of rotatable bonds is 31. The van der Waals surface area contributed by atoms with E-state index in [1.165, 1.54) is 6.07 Å². The van der Waals surface area contributed by atoms with Gasteiger partial charge < -0.3 is 59.3 Å². The highest BCUT2D eigenvalue weighted by Gasteiger charge is 2.66. The maximum atomic E-state index is 13.9. The largest absolute Gasteiger partial charge is 0.465 e. The lowest BCUT2D eigenvalue weighted by Gasteiger charge is -2.65. The Morgan fingerprint density at radius 1 is 0.724 bits per heavy atom.